The third-order valence-corrected chi connectivity index (χ3v) is 2.89. The molecule has 2 aromatic heterocycles. The van der Waals surface area contributed by atoms with Gasteiger partial charge >= 0.3 is 0 Å². The highest BCUT2D eigenvalue weighted by Gasteiger charge is 2.08. The Bertz CT molecular complexity index is 729. The Morgan fingerprint density at radius 3 is 2.67 bits per heavy atom. The monoisotopic (exact) mass is 327 g/mol. The van der Waals surface area contributed by atoms with Crippen LogP contribution in [0, 0.1) is 5.41 Å². The molecule has 126 valence electrons. The van der Waals surface area contributed by atoms with Gasteiger partial charge in [0.25, 0.3) is 0 Å². The van der Waals surface area contributed by atoms with E-state index >= 15 is 0 Å². The molecule has 2 rings (SSSR count). The summed E-state index contributed by atoms with van der Waals surface area (Å²) in [5, 5.41) is 9.48. The summed E-state index contributed by atoms with van der Waals surface area (Å²) in [6, 6.07) is 3.49. The quantitative estimate of drug-likeness (QED) is 0.826. The van der Waals surface area contributed by atoms with Crippen LogP contribution in [0.5, 0.6) is 0 Å². The first-order valence-corrected chi connectivity index (χ1v) is 7.54. The molecule has 0 saturated carbocycles. The molecule has 0 radical (unpaired) electrons. The van der Waals surface area contributed by atoms with Gasteiger partial charge in [0.2, 0.25) is 11.8 Å². The van der Waals surface area contributed by atoms with Crippen LogP contribution in [0.25, 0.3) is 0 Å². The molecule has 0 spiro atoms. The second kappa shape index (κ2) is 7.54. The summed E-state index contributed by atoms with van der Waals surface area (Å²) in [6.07, 6.45) is 9.62. The molecule has 0 aliphatic heterocycles. The Balaban J connectivity index is 1.88. The summed E-state index contributed by atoms with van der Waals surface area (Å²) in [5.74, 6) is -0.458. The predicted octanol–water partition coefficient (Wildman–Crippen LogP) is 2.46. The van der Waals surface area contributed by atoms with Gasteiger partial charge < -0.3 is 10.6 Å². The summed E-state index contributed by atoms with van der Waals surface area (Å²) in [4.78, 5) is 27.7. The second-order valence-electron chi connectivity index (χ2n) is 6.41. The summed E-state index contributed by atoms with van der Waals surface area (Å²) >= 11 is 0. The third kappa shape index (κ3) is 6.04. The minimum atomic E-state index is -0.232. The van der Waals surface area contributed by atoms with E-state index in [1.807, 2.05) is 26.8 Å². The van der Waals surface area contributed by atoms with Crippen molar-refractivity contribution >= 4 is 23.2 Å². The number of pyridine rings is 1. The minimum absolute atomic E-state index is 0.0442. The molecule has 7 nitrogen and oxygen atoms in total. The molecule has 0 unspecified atom stereocenters. The van der Waals surface area contributed by atoms with Crippen molar-refractivity contribution in [1.29, 1.82) is 0 Å². The Morgan fingerprint density at radius 2 is 2.00 bits per heavy atom. The summed E-state index contributed by atoms with van der Waals surface area (Å²) < 4.78 is 1.45. The van der Waals surface area contributed by atoms with Crippen LogP contribution in [-0.2, 0) is 16.1 Å². The van der Waals surface area contributed by atoms with Crippen LogP contribution < -0.4 is 10.6 Å². The third-order valence-electron chi connectivity index (χ3n) is 2.89. The Kier molecular flexibility index (Phi) is 5.47. The lowest BCUT2D eigenvalue weighted by Crippen LogP contribution is -2.19. The highest BCUT2D eigenvalue weighted by Crippen LogP contribution is 2.14. The zero-order valence-corrected chi connectivity index (χ0v) is 14.0. The van der Waals surface area contributed by atoms with Gasteiger partial charge in [0, 0.05) is 12.4 Å². The van der Waals surface area contributed by atoms with Crippen molar-refractivity contribution in [3.05, 3.63) is 49.1 Å². The first-order valence-electron chi connectivity index (χ1n) is 7.54. The molecule has 0 aromatic carbocycles. The largest absolute Gasteiger partial charge is 0.323 e. The van der Waals surface area contributed by atoms with Gasteiger partial charge in [-0.25, -0.2) is 0 Å². The highest BCUT2D eigenvalue weighted by atomic mass is 16.2. The van der Waals surface area contributed by atoms with Crippen molar-refractivity contribution in [3.63, 3.8) is 0 Å². The molecular weight excluding hydrogens is 306 g/mol. The number of allylic oxidation sites excluding steroid dienone is 1. The van der Waals surface area contributed by atoms with E-state index in [-0.39, 0.29) is 23.8 Å². The van der Waals surface area contributed by atoms with Crippen LogP contribution in [0.4, 0.5) is 11.4 Å². The van der Waals surface area contributed by atoms with E-state index in [1.54, 1.807) is 30.7 Å². The molecule has 0 bridgehead atoms. The Morgan fingerprint density at radius 1 is 1.21 bits per heavy atom. The Hall–Kier alpha value is -2.96. The van der Waals surface area contributed by atoms with Crippen molar-refractivity contribution in [3.8, 4) is 0 Å². The molecule has 0 aliphatic carbocycles. The van der Waals surface area contributed by atoms with Gasteiger partial charge in [-0.15, -0.1) is 0 Å². The average molecular weight is 327 g/mol. The molecule has 0 fully saturated rings. The Labute approximate surface area is 140 Å². The van der Waals surface area contributed by atoms with E-state index in [9.17, 15) is 9.59 Å². The first kappa shape index (κ1) is 17.4. The van der Waals surface area contributed by atoms with Gasteiger partial charge in [-0.2, -0.15) is 5.10 Å². The van der Waals surface area contributed by atoms with Crippen LogP contribution in [0.2, 0.25) is 0 Å². The van der Waals surface area contributed by atoms with E-state index in [2.05, 4.69) is 20.7 Å². The number of amides is 2. The number of carbonyl (C=O) groups excluding carboxylic acids is 2. The van der Waals surface area contributed by atoms with Gasteiger partial charge in [0.05, 0.1) is 23.8 Å². The minimum Gasteiger partial charge on any atom is -0.323 e. The number of nitrogens with one attached hydrogen (secondary N) is 2. The zero-order chi connectivity index (χ0) is 17.6. The maximum Gasteiger partial charge on any atom is 0.248 e. The van der Waals surface area contributed by atoms with Crippen molar-refractivity contribution in [2.45, 2.75) is 27.3 Å². The van der Waals surface area contributed by atoms with Crippen molar-refractivity contribution < 1.29 is 9.59 Å². The fraction of sp³-hybridized carbons (Fsp3) is 0.294. The van der Waals surface area contributed by atoms with Crippen LogP contribution in [-0.4, -0.2) is 26.6 Å². The standard InChI is InChI=1S/C17H21N5O2/c1-17(2,3)7-6-15(23)21-14-10-19-22(11-14)12-16(24)20-13-5-4-8-18-9-13/h4-11H,12H2,1-3H3,(H,20,24)(H,21,23). The smallest absolute Gasteiger partial charge is 0.248 e. The van der Waals surface area contributed by atoms with Crippen LogP contribution >= 0.6 is 0 Å². The van der Waals surface area contributed by atoms with Crippen molar-refractivity contribution in [2.75, 3.05) is 10.6 Å². The molecular formula is C17H21N5O2. The predicted molar refractivity (Wildman–Crippen MR) is 92.3 cm³/mol. The van der Waals surface area contributed by atoms with Crippen molar-refractivity contribution in [1.82, 2.24) is 14.8 Å². The van der Waals surface area contributed by atoms with E-state index in [1.165, 1.54) is 17.0 Å². The number of carbonyl (C=O) groups is 2. The van der Waals surface area contributed by atoms with Gasteiger partial charge in [-0.1, -0.05) is 26.8 Å². The highest BCUT2D eigenvalue weighted by molar-refractivity contribution is 5.99. The van der Waals surface area contributed by atoms with E-state index in [0.717, 1.165) is 0 Å². The number of hydrogen-bond acceptors (Lipinski definition) is 4. The number of nitrogens with zero attached hydrogens (tertiary/aromatic N) is 3. The molecule has 0 saturated heterocycles. The number of anilines is 2. The van der Waals surface area contributed by atoms with E-state index < -0.39 is 0 Å². The lowest BCUT2D eigenvalue weighted by molar-refractivity contribution is -0.117. The maximum atomic E-state index is 11.9. The van der Waals surface area contributed by atoms with Gasteiger partial charge in [-0.3, -0.25) is 19.3 Å². The van der Waals surface area contributed by atoms with Crippen molar-refractivity contribution in [2.24, 2.45) is 5.41 Å². The molecule has 2 aromatic rings. The number of hydrogen-bond donors (Lipinski definition) is 2. The van der Waals surface area contributed by atoms with Gasteiger partial charge in [-0.05, 0) is 23.6 Å². The number of aromatic nitrogens is 3. The first-order chi connectivity index (χ1) is 11.3. The lowest BCUT2D eigenvalue weighted by Gasteiger charge is -2.10. The van der Waals surface area contributed by atoms with Gasteiger partial charge in [0.1, 0.15) is 6.54 Å². The van der Waals surface area contributed by atoms with Crippen LogP contribution in [0.3, 0.4) is 0 Å². The van der Waals surface area contributed by atoms with Crippen LogP contribution in [0.1, 0.15) is 20.8 Å². The second-order valence-corrected chi connectivity index (χ2v) is 6.41. The molecule has 2 heterocycles. The topological polar surface area (TPSA) is 88.9 Å². The molecule has 0 atom stereocenters. The van der Waals surface area contributed by atoms with Crippen LogP contribution in [0.15, 0.2) is 49.1 Å². The SMILES string of the molecule is CC(C)(C)C=CC(=O)Nc1cnn(CC(=O)Nc2cccnc2)c1. The molecule has 24 heavy (non-hydrogen) atoms. The average Bonchev–Trinajstić information content (AvgIpc) is 2.92. The molecule has 2 N–H and O–H groups in total. The fourth-order valence-electron chi connectivity index (χ4n) is 1.81. The fourth-order valence-corrected chi connectivity index (χ4v) is 1.81. The molecule has 7 heteroatoms. The van der Waals surface area contributed by atoms with E-state index in [0.29, 0.717) is 11.4 Å². The summed E-state index contributed by atoms with van der Waals surface area (Å²) in [7, 11) is 0. The zero-order valence-electron chi connectivity index (χ0n) is 14.0. The normalized spacial score (nSPS) is 11.5. The van der Waals surface area contributed by atoms with E-state index in [4.69, 9.17) is 0 Å². The lowest BCUT2D eigenvalue weighted by atomic mass is 9.96. The molecule has 2 amide bonds. The molecule has 0 aliphatic rings. The number of rotatable bonds is 5. The summed E-state index contributed by atoms with van der Waals surface area (Å²) in [5.41, 5.74) is 1.09. The van der Waals surface area contributed by atoms with Gasteiger partial charge in [0.15, 0.2) is 0 Å². The maximum absolute atomic E-state index is 11.9. The summed E-state index contributed by atoms with van der Waals surface area (Å²) in [6.45, 7) is 6.07.